The summed E-state index contributed by atoms with van der Waals surface area (Å²) in [5.41, 5.74) is 5.61. The number of hydrogen-bond acceptors (Lipinski definition) is 6. The first-order chi connectivity index (χ1) is 16.9. The monoisotopic (exact) mass is 514 g/mol. The van der Waals surface area contributed by atoms with Gasteiger partial charge in [-0.25, -0.2) is 4.98 Å². The zero-order valence-corrected chi connectivity index (χ0v) is 22.9. The Hall–Kier alpha value is -2.78. The third-order valence-electron chi connectivity index (χ3n) is 6.51. The second-order valence-electron chi connectivity index (χ2n) is 10.6. The van der Waals surface area contributed by atoms with Crippen molar-refractivity contribution in [1.82, 2.24) is 20.5 Å². The number of thiazole rings is 1. The Morgan fingerprint density at radius 2 is 1.97 bits per heavy atom. The Balaban J connectivity index is 1.76. The predicted molar refractivity (Wildman–Crippen MR) is 141 cm³/mol. The average molecular weight is 515 g/mol. The molecule has 1 aromatic carbocycles. The summed E-state index contributed by atoms with van der Waals surface area (Å²) >= 11 is 1.61. The van der Waals surface area contributed by atoms with Gasteiger partial charge in [-0.05, 0) is 41.5 Å². The molecule has 2 heterocycles. The minimum absolute atomic E-state index is 0.0626. The summed E-state index contributed by atoms with van der Waals surface area (Å²) in [6.45, 7) is 11.5. The molecule has 196 valence electrons. The first kappa shape index (κ1) is 27.8. The number of nitrogens with one attached hydrogen (secondary N) is 2. The second-order valence-corrected chi connectivity index (χ2v) is 11.5. The van der Waals surface area contributed by atoms with Gasteiger partial charge in [-0.1, -0.05) is 46.2 Å². The number of amides is 3. The fraction of sp³-hybridized carbons (Fsp3) is 0.556. The number of likely N-dealkylation sites (tertiary alicyclic amines) is 1. The smallest absolute Gasteiger partial charge is 0.246 e. The van der Waals surface area contributed by atoms with Crippen LogP contribution in [-0.4, -0.2) is 57.4 Å². The van der Waals surface area contributed by atoms with Crippen molar-refractivity contribution < 1.29 is 19.5 Å². The van der Waals surface area contributed by atoms with Crippen LogP contribution in [0, 0.1) is 12.3 Å². The molecule has 0 saturated carbocycles. The number of aromatic nitrogens is 1. The van der Waals surface area contributed by atoms with Gasteiger partial charge >= 0.3 is 0 Å². The summed E-state index contributed by atoms with van der Waals surface area (Å²) in [6.07, 6.45) is 1.23. The van der Waals surface area contributed by atoms with Gasteiger partial charge in [0.05, 0.1) is 22.2 Å². The molecule has 3 N–H and O–H groups in total. The number of hydrogen-bond donors (Lipinski definition) is 3. The van der Waals surface area contributed by atoms with Gasteiger partial charge in [-0.2, -0.15) is 0 Å². The minimum Gasteiger partial charge on any atom is -0.391 e. The molecule has 1 saturated heterocycles. The van der Waals surface area contributed by atoms with Gasteiger partial charge in [-0.3, -0.25) is 14.4 Å². The van der Waals surface area contributed by atoms with E-state index in [4.69, 9.17) is 0 Å². The molecule has 0 unspecified atom stereocenters. The molecule has 8 nitrogen and oxygen atoms in total. The van der Waals surface area contributed by atoms with E-state index in [1.807, 2.05) is 39.3 Å². The average Bonchev–Trinajstić information content (AvgIpc) is 3.40. The largest absolute Gasteiger partial charge is 0.391 e. The summed E-state index contributed by atoms with van der Waals surface area (Å²) in [5, 5.41) is 16.0. The van der Waals surface area contributed by atoms with Crippen molar-refractivity contribution in [3.8, 4) is 10.4 Å². The highest BCUT2D eigenvalue weighted by atomic mass is 32.1. The van der Waals surface area contributed by atoms with Gasteiger partial charge in [0.2, 0.25) is 17.7 Å². The molecule has 36 heavy (non-hydrogen) atoms. The fourth-order valence-electron chi connectivity index (χ4n) is 4.64. The Bertz CT molecular complexity index is 1110. The molecule has 9 heteroatoms. The lowest BCUT2D eigenvalue weighted by Gasteiger charge is -2.35. The number of aryl methyl sites for hydroxylation is 2. The van der Waals surface area contributed by atoms with Crippen LogP contribution in [0.5, 0.6) is 0 Å². The minimum atomic E-state index is -0.797. The Morgan fingerprint density at radius 1 is 1.25 bits per heavy atom. The zero-order chi connectivity index (χ0) is 26.6. The summed E-state index contributed by atoms with van der Waals surface area (Å²) in [5.74, 6) is -0.977. The van der Waals surface area contributed by atoms with Crippen LogP contribution in [0.2, 0.25) is 0 Å². The lowest BCUT2D eigenvalue weighted by Crippen LogP contribution is -2.57. The Morgan fingerprint density at radius 3 is 2.56 bits per heavy atom. The van der Waals surface area contributed by atoms with Crippen LogP contribution in [0.25, 0.3) is 10.4 Å². The first-order valence-electron chi connectivity index (χ1n) is 12.5. The molecule has 0 bridgehead atoms. The van der Waals surface area contributed by atoms with Crippen molar-refractivity contribution in [2.24, 2.45) is 5.41 Å². The number of aliphatic hydroxyl groups is 1. The van der Waals surface area contributed by atoms with Crippen LogP contribution in [0.15, 0.2) is 23.7 Å². The van der Waals surface area contributed by atoms with Crippen molar-refractivity contribution in [2.45, 2.75) is 85.5 Å². The van der Waals surface area contributed by atoms with E-state index in [0.29, 0.717) is 6.54 Å². The molecule has 1 aliphatic rings. The van der Waals surface area contributed by atoms with Crippen LogP contribution in [-0.2, 0) is 27.3 Å². The van der Waals surface area contributed by atoms with Gasteiger partial charge in [0.1, 0.15) is 12.1 Å². The standard InChI is InChI=1S/C27H38N4O4S/c1-7-8-18-11-19(23-16(2)29-15-36-23)9-10-20(18)13-28-25(34)22-12-21(33)14-31(22)26(35)24(27(4,5)6)30-17(3)32/h9-11,15,21-22,24,33H,7-8,12-14H2,1-6H3,(H,28,34)(H,30,32)/t21-,22+,24-/m1/s1. The number of nitrogens with zero attached hydrogens (tertiary/aromatic N) is 2. The summed E-state index contributed by atoms with van der Waals surface area (Å²) in [7, 11) is 0. The van der Waals surface area contributed by atoms with Crippen molar-refractivity contribution in [3.05, 3.63) is 40.5 Å². The molecule has 2 aromatic rings. The second kappa shape index (κ2) is 11.5. The van der Waals surface area contributed by atoms with Crippen LogP contribution in [0.3, 0.4) is 0 Å². The predicted octanol–water partition coefficient (Wildman–Crippen LogP) is 3.20. The van der Waals surface area contributed by atoms with Gasteiger partial charge in [0.25, 0.3) is 0 Å². The highest BCUT2D eigenvalue weighted by Crippen LogP contribution is 2.30. The highest BCUT2D eigenvalue weighted by molar-refractivity contribution is 7.13. The maximum absolute atomic E-state index is 13.4. The van der Waals surface area contributed by atoms with Crippen LogP contribution >= 0.6 is 11.3 Å². The van der Waals surface area contributed by atoms with Crippen molar-refractivity contribution in [1.29, 1.82) is 0 Å². The number of carbonyl (C=O) groups excluding carboxylic acids is 3. The molecule has 3 amide bonds. The van der Waals surface area contributed by atoms with Gasteiger partial charge in [0.15, 0.2) is 0 Å². The van der Waals surface area contributed by atoms with E-state index in [0.717, 1.165) is 34.5 Å². The fourth-order valence-corrected chi connectivity index (χ4v) is 5.45. The molecule has 0 aliphatic carbocycles. The van der Waals surface area contributed by atoms with Gasteiger partial charge in [-0.15, -0.1) is 11.3 Å². The van der Waals surface area contributed by atoms with Crippen molar-refractivity contribution in [2.75, 3.05) is 6.54 Å². The van der Waals surface area contributed by atoms with E-state index in [-0.39, 0.29) is 30.7 Å². The van der Waals surface area contributed by atoms with E-state index in [1.54, 1.807) is 11.3 Å². The van der Waals surface area contributed by atoms with Crippen molar-refractivity contribution in [3.63, 3.8) is 0 Å². The number of carbonyl (C=O) groups is 3. The maximum Gasteiger partial charge on any atom is 0.246 e. The topological polar surface area (TPSA) is 112 Å². The molecule has 3 rings (SSSR count). The molecular formula is C27H38N4O4S. The van der Waals surface area contributed by atoms with E-state index >= 15 is 0 Å². The molecular weight excluding hydrogens is 476 g/mol. The number of β-amino-alcohol motifs (C(OH)–C–C–N with tert-alkyl or cyclic N) is 1. The Kier molecular flexibility index (Phi) is 8.89. The van der Waals surface area contributed by atoms with Crippen molar-refractivity contribution >= 4 is 29.1 Å². The van der Waals surface area contributed by atoms with Crippen LogP contribution in [0.4, 0.5) is 0 Å². The van der Waals surface area contributed by atoms with E-state index < -0.39 is 23.6 Å². The third-order valence-corrected chi connectivity index (χ3v) is 7.49. The summed E-state index contributed by atoms with van der Waals surface area (Å²) in [6, 6.07) is 4.67. The van der Waals surface area contributed by atoms with E-state index in [1.165, 1.54) is 17.4 Å². The SMILES string of the molecule is CCCc1cc(-c2scnc2C)ccc1CNC(=O)[C@@H]1C[C@@H](O)CN1C(=O)[C@@H](NC(C)=O)C(C)(C)C. The quantitative estimate of drug-likeness (QED) is 0.501. The van der Waals surface area contributed by atoms with Crippen LogP contribution in [0.1, 0.15) is 64.3 Å². The summed E-state index contributed by atoms with van der Waals surface area (Å²) < 4.78 is 0. The molecule has 0 spiro atoms. The lowest BCUT2D eigenvalue weighted by molar-refractivity contribution is -0.143. The number of rotatable bonds is 8. The molecule has 0 radical (unpaired) electrons. The summed E-state index contributed by atoms with van der Waals surface area (Å²) in [4.78, 5) is 45.3. The Labute approximate surface area is 217 Å². The normalized spacial score (nSPS) is 18.7. The molecule has 1 fully saturated rings. The molecule has 3 atom stereocenters. The number of benzene rings is 1. The first-order valence-corrected chi connectivity index (χ1v) is 13.4. The molecule has 1 aliphatic heterocycles. The third kappa shape index (κ3) is 6.50. The lowest BCUT2D eigenvalue weighted by atomic mass is 9.85. The highest BCUT2D eigenvalue weighted by Gasteiger charge is 2.44. The van der Waals surface area contributed by atoms with Gasteiger partial charge < -0.3 is 20.6 Å². The zero-order valence-electron chi connectivity index (χ0n) is 22.1. The number of aliphatic hydroxyl groups excluding tert-OH is 1. The van der Waals surface area contributed by atoms with E-state index in [9.17, 15) is 19.5 Å². The van der Waals surface area contributed by atoms with Gasteiger partial charge in [0, 0.05) is 26.4 Å². The maximum atomic E-state index is 13.4. The van der Waals surface area contributed by atoms with Crippen LogP contribution < -0.4 is 10.6 Å². The molecule has 1 aromatic heterocycles. The van der Waals surface area contributed by atoms with E-state index in [2.05, 4.69) is 34.7 Å².